The van der Waals surface area contributed by atoms with Crippen LogP contribution in [0.1, 0.15) is 35.5 Å². The van der Waals surface area contributed by atoms with Crippen LogP contribution in [0.2, 0.25) is 0 Å². The van der Waals surface area contributed by atoms with Crippen LogP contribution in [0.3, 0.4) is 0 Å². The van der Waals surface area contributed by atoms with Crippen LogP contribution < -0.4 is 5.32 Å². The third-order valence-electron chi connectivity index (χ3n) is 3.67. The van der Waals surface area contributed by atoms with E-state index in [1.54, 1.807) is 0 Å². The topological polar surface area (TPSA) is 78.4 Å². The van der Waals surface area contributed by atoms with E-state index >= 15 is 0 Å². The first-order chi connectivity index (χ1) is 11.1. The zero-order valence-corrected chi connectivity index (χ0v) is 13.5. The Morgan fingerprint density at radius 3 is 2.26 bits per heavy atom. The molecule has 2 N–H and O–H groups in total. The van der Waals surface area contributed by atoms with Crippen molar-refractivity contribution in [1.82, 2.24) is 14.9 Å². The third-order valence-corrected chi connectivity index (χ3v) is 3.67. The first-order valence-electron chi connectivity index (χ1n) is 7.71. The lowest BCUT2D eigenvalue weighted by Crippen LogP contribution is -2.22. The van der Waals surface area contributed by atoms with Gasteiger partial charge in [-0.3, -0.25) is 4.90 Å². The molecule has 122 valence electrons. The van der Waals surface area contributed by atoms with E-state index in [2.05, 4.69) is 58.3 Å². The number of aromatic carboxylic acids is 1. The van der Waals surface area contributed by atoms with Gasteiger partial charge in [0, 0.05) is 13.1 Å². The molecule has 6 heteroatoms. The summed E-state index contributed by atoms with van der Waals surface area (Å²) in [5.74, 6) is -0.518. The lowest BCUT2D eigenvalue weighted by Gasteiger charge is -2.18. The zero-order valence-electron chi connectivity index (χ0n) is 13.5. The fourth-order valence-corrected chi connectivity index (χ4v) is 2.19. The van der Waals surface area contributed by atoms with Gasteiger partial charge >= 0.3 is 5.97 Å². The molecule has 0 amide bonds. The van der Waals surface area contributed by atoms with Crippen molar-refractivity contribution in [2.45, 2.75) is 26.9 Å². The number of nitrogens with one attached hydrogen (secondary N) is 1. The first kappa shape index (κ1) is 16.9. The Labute approximate surface area is 136 Å². The molecule has 0 spiro atoms. The molecule has 6 nitrogen and oxygen atoms in total. The van der Waals surface area contributed by atoms with Gasteiger partial charge in [-0.25, -0.2) is 14.8 Å². The van der Waals surface area contributed by atoms with Gasteiger partial charge in [0.15, 0.2) is 5.69 Å². The Hall–Kier alpha value is -2.47. The number of carbonyl (C=O) groups is 1. The van der Waals surface area contributed by atoms with Crippen molar-refractivity contribution in [2.75, 3.05) is 18.4 Å². The van der Waals surface area contributed by atoms with Gasteiger partial charge in [0.1, 0.15) is 5.82 Å². The third kappa shape index (κ3) is 5.03. The standard InChI is InChI=1S/C17H22N4O2/c1-3-21(4-2)12-14-7-5-13(6-8-14)9-19-16-11-18-15(10-20-16)17(22)23/h5-8,10-11H,3-4,9,12H2,1-2H3,(H,19,20)(H,22,23). The highest BCUT2D eigenvalue weighted by atomic mass is 16.4. The van der Waals surface area contributed by atoms with Gasteiger partial charge < -0.3 is 10.4 Å². The number of hydrogen-bond donors (Lipinski definition) is 2. The van der Waals surface area contributed by atoms with Crippen LogP contribution >= 0.6 is 0 Å². The summed E-state index contributed by atoms with van der Waals surface area (Å²) in [6.07, 6.45) is 2.68. The number of nitrogens with zero attached hydrogens (tertiary/aromatic N) is 3. The Bertz CT molecular complexity index is 622. The number of benzene rings is 1. The lowest BCUT2D eigenvalue weighted by atomic mass is 10.1. The number of aromatic nitrogens is 2. The molecule has 0 fully saturated rings. The molecule has 0 saturated heterocycles. The smallest absolute Gasteiger partial charge is 0.356 e. The van der Waals surface area contributed by atoms with Crippen LogP contribution in [0.4, 0.5) is 5.82 Å². The minimum absolute atomic E-state index is 0.0590. The number of rotatable bonds is 8. The van der Waals surface area contributed by atoms with Gasteiger partial charge in [-0.2, -0.15) is 0 Å². The quantitative estimate of drug-likeness (QED) is 0.780. The predicted molar refractivity (Wildman–Crippen MR) is 89.4 cm³/mol. The SMILES string of the molecule is CCN(CC)Cc1ccc(CNc2cnc(C(=O)O)cn2)cc1. The van der Waals surface area contributed by atoms with Crippen LogP contribution in [0.15, 0.2) is 36.7 Å². The minimum Gasteiger partial charge on any atom is -0.476 e. The highest BCUT2D eigenvalue weighted by molar-refractivity contribution is 5.84. The molecule has 23 heavy (non-hydrogen) atoms. The molecule has 0 unspecified atom stereocenters. The Morgan fingerprint density at radius 1 is 1.09 bits per heavy atom. The predicted octanol–water partition coefficient (Wildman–Crippen LogP) is 2.63. The molecule has 1 aromatic carbocycles. The minimum atomic E-state index is -1.08. The summed E-state index contributed by atoms with van der Waals surface area (Å²) < 4.78 is 0. The van der Waals surface area contributed by atoms with Crippen molar-refractivity contribution >= 4 is 11.8 Å². The largest absolute Gasteiger partial charge is 0.476 e. The number of hydrogen-bond acceptors (Lipinski definition) is 5. The maximum absolute atomic E-state index is 10.7. The van der Waals surface area contributed by atoms with Crippen molar-refractivity contribution in [2.24, 2.45) is 0 Å². The van der Waals surface area contributed by atoms with E-state index in [-0.39, 0.29) is 5.69 Å². The highest BCUT2D eigenvalue weighted by Gasteiger charge is 2.05. The fraction of sp³-hybridized carbons (Fsp3) is 0.353. The molecule has 0 bridgehead atoms. The second-order valence-electron chi connectivity index (χ2n) is 5.22. The van der Waals surface area contributed by atoms with Gasteiger partial charge in [0.2, 0.25) is 0 Å². The molecule has 0 aliphatic carbocycles. The van der Waals surface area contributed by atoms with E-state index in [9.17, 15) is 4.79 Å². The monoisotopic (exact) mass is 314 g/mol. The maximum atomic E-state index is 10.7. The number of carboxylic acids is 1. The van der Waals surface area contributed by atoms with E-state index < -0.39 is 5.97 Å². The molecule has 0 aliphatic rings. The van der Waals surface area contributed by atoms with Crippen molar-refractivity contribution in [3.63, 3.8) is 0 Å². The molecule has 0 atom stereocenters. The molecule has 0 saturated carbocycles. The molecule has 0 radical (unpaired) electrons. The summed E-state index contributed by atoms with van der Waals surface area (Å²) in [6, 6.07) is 8.44. The van der Waals surface area contributed by atoms with Crippen molar-refractivity contribution in [3.05, 3.63) is 53.5 Å². The molecule has 2 rings (SSSR count). The highest BCUT2D eigenvalue weighted by Crippen LogP contribution is 2.10. The zero-order chi connectivity index (χ0) is 16.7. The van der Waals surface area contributed by atoms with Gasteiger partial charge in [0.05, 0.1) is 12.4 Å². The molecule has 1 heterocycles. The first-order valence-corrected chi connectivity index (χ1v) is 7.71. The summed E-state index contributed by atoms with van der Waals surface area (Å²) in [5, 5.41) is 11.9. The summed E-state index contributed by atoms with van der Waals surface area (Å²) in [7, 11) is 0. The van der Waals surface area contributed by atoms with Crippen LogP contribution in [0, 0.1) is 0 Å². The molecule has 0 aliphatic heterocycles. The average molecular weight is 314 g/mol. The second kappa shape index (κ2) is 8.24. The summed E-state index contributed by atoms with van der Waals surface area (Å²) in [4.78, 5) is 20.9. The normalized spacial score (nSPS) is 10.7. The Morgan fingerprint density at radius 2 is 1.74 bits per heavy atom. The Balaban J connectivity index is 1.89. The van der Waals surface area contributed by atoms with Crippen LogP contribution in [0.25, 0.3) is 0 Å². The average Bonchev–Trinajstić information content (AvgIpc) is 2.59. The van der Waals surface area contributed by atoms with Crippen LogP contribution in [0.5, 0.6) is 0 Å². The van der Waals surface area contributed by atoms with E-state index in [4.69, 9.17) is 5.11 Å². The van der Waals surface area contributed by atoms with Gasteiger partial charge in [-0.1, -0.05) is 38.1 Å². The number of carboxylic acid groups (broad SMARTS) is 1. The second-order valence-corrected chi connectivity index (χ2v) is 5.22. The van der Waals surface area contributed by atoms with Crippen molar-refractivity contribution in [1.29, 1.82) is 0 Å². The maximum Gasteiger partial charge on any atom is 0.356 e. The Kier molecular flexibility index (Phi) is 6.05. The molecule has 1 aromatic heterocycles. The molecular weight excluding hydrogens is 292 g/mol. The van der Waals surface area contributed by atoms with Gasteiger partial charge in [-0.05, 0) is 24.2 Å². The summed E-state index contributed by atoms with van der Waals surface area (Å²) in [5.41, 5.74) is 2.37. The summed E-state index contributed by atoms with van der Waals surface area (Å²) in [6.45, 7) is 8.00. The van der Waals surface area contributed by atoms with E-state index in [1.165, 1.54) is 18.0 Å². The van der Waals surface area contributed by atoms with E-state index in [1.807, 2.05) is 0 Å². The van der Waals surface area contributed by atoms with E-state index in [0.717, 1.165) is 25.2 Å². The van der Waals surface area contributed by atoms with Gasteiger partial charge in [0.25, 0.3) is 0 Å². The van der Waals surface area contributed by atoms with Crippen molar-refractivity contribution < 1.29 is 9.90 Å². The van der Waals surface area contributed by atoms with Gasteiger partial charge in [-0.15, -0.1) is 0 Å². The molecule has 2 aromatic rings. The van der Waals surface area contributed by atoms with Crippen molar-refractivity contribution in [3.8, 4) is 0 Å². The molecular formula is C17H22N4O2. The lowest BCUT2D eigenvalue weighted by molar-refractivity contribution is 0.0690. The van der Waals surface area contributed by atoms with Crippen LogP contribution in [-0.2, 0) is 13.1 Å². The summed E-state index contributed by atoms with van der Waals surface area (Å²) >= 11 is 0. The fourth-order valence-electron chi connectivity index (χ4n) is 2.19. The van der Waals surface area contributed by atoms with Crippen LogP contribution in [-0.4, -0.2) is 39.0 Å². The number of anilines is 1. The van der Waals surface area contributed by atoms with E-state index in [0.29, 0.717) is 12.4 Å².